The third-order valence-electron chi connectivity index (χ3n) is 2.72. The zero-order valence-corrected chi connectivity index (χ0v) is 12.1. The molecule has 2 rings (SSSR count). The monoisotopic (exact) mass is 287 g/mol. The molecule has 2 heterocycles. The summed E-state index contributed by atoms with van der Waals surface area (Å²) >= 11 is 3.04. The maximum absolute atomic E-state index is 11.9. The number of rotatable bonds is 4. The molecule has 1 aromatic heterocycles. The van der Waals surface area contributed by atoms with Crippen LogP contribution in [0.3, 0.4) is 0 Å². The second-order valence-corrected chi connectivity index (χ2v) is 6.08. The highest BCUT2D eigenvalue weighted by atomic mass is 32.2. The molecule has 0 saturated carbocycles. The standard InChI is InChI=1S/C11H17N3O2S2/c1-14-3-4-16-8(6-14)5-12-10(15)9-7-18-11(13-9)17-2/h7-8H,3-6H2,1-2H3,(H,12,15)/t8-/m0/s1. The molecule has 1 fully saturated rings. The van der Waals surface area contributed by atoms with Gasteiger partial charge >= 0.3 is 0 Å². The third-order valence-corrected chi connectivity index (χ3v) is 4.59. The Morgan fingerprint density at radius 1 is 1.78 bits per heavy atom. The number of likely N-dealkylation sites (N-methyl/N-ethyl adjacent to an activating group) is 1. The lowest BCUT2D eigenvalue weighted by Gasteiger charge is -2.29. The molecular weight excluding hydrogens is 270 g/mol. The SMILES string of the molecule is CSc1nc(C(=O)NC[C@H]2CN(C)CCO2)cs1. The predicted molar refractivity (Wildman–Crippen MR) is 73.5 cm³/mol. The van der Waals surface area contributed by atoms with Gasteiger partial charge in [-0.25, -0.2) is 4.98 Å². The smallest absolute Gasteiger partial charge is 0.270 e. The molecule has 0 bridgehead atoms. The number of thiazole rings is 1. The van der Waals surface area contributed by atoms with Crippen LogP contribution in [0, 0.1) is 0 Å². The zero-order valence-electron chi connectivity index (χ0n) is 10.5. The van der Waals surface area contributed by atoms with Crippen LogP contribution in [0.5, 0.6) is 0 Å². The summed E-state index contributed by atoms with van der Waals surface area (Å²) in [6, 6.07) is 0. The van der Waals surface area contributed by atoms with Crippen molar-refractivity contribution in [3.63, 3.8) is 0 Å². The quantitative estimate of drug-likeness (QED) is 0.835. The van der Waals surface area contributed by atoms with Crippen molar-refractivity contribution in [2.24, 2.45) is 0 Å². The fourth-order valence-corrected chi connectivity index (χ4v) is 2.98. The predicted octanol–water partition coefficient (Wildman–Crippen LogP) is 0.925. The van der Waals surface area contributed by atoms with Gasteiger partial charge in [-0.05, 0) is 13.3 Å². The number of hydrogen-bond donors (Lipinski definition) is 1. The first-order valence-electron chi connectivity index (χ1n) is 5.77. The number of ether oxygens (including phenoxy) is 1. The minimum absolute atomic E-state index is 0.0753. The Kier molecular flexibility index (Phi) is 4.99. The number of thioether (sulfide) groups is 1. The van der Waals surface area contributed by atoms with E-state index in [1.807, 2.05) is 6.26 Å². The second-order valence-electron chi connectivity index (χ2n) is 4.17. The molecule has 1 amide bonds. The minimum Gasteiger partial charge on any atom is -0.374 e. The second kappa shape index (κ2) is 6.51. The van der Waals surface area contributed by atoms with Crippen molar-refractivity contribution in [3.05, 3.63) is 11.1 Å². The number of carbonyl (C=O) groups excluding carboxylic acids is 1. The lowest BCUT2D eigenvalue weighted by atomic mass is 10.3. The lowest BCUT2D eigenvalue weighted by Crippen LogP contribution is -2.45. The highest BCUT2D eigenvalue weighted by Crippen LogP contribution is 2.19. The van der Waals surface area contributed by atoms with Crippen LogP contribution in [0.25, 0.3) is 0 Å². The van der Waals surface area contributed by atoms with E-state index in [2.05, 4.69) is 22.2 Å². The minimum atomic E-state index is -0.122. The fraction of sp³-hybridized carbons (Fsp3) is 0.636. The van der Waals surface area contributed by atoms with Crippen LogP contribution < -0.4 is 5.32 Å². The van der Waals surface area contributed by atoms with Crippen molar-refractivity contribution in [3.8, 4) is 0 Å². The van der Waals surface area contributed by atoms with Gasteiger partial charge in [0, 0.05) is 25.0 Å². The van der Waals surface area contributed by atoms with Gasteiger partial charge in [0.05, 0.1) is 12.7 Å². The van der Waals surface area contributed by atoms with E-state index >= 15 is 0 Å². The van der Waals surface area contributed by atoms with Crippen molar-refractivity contribution >= 4 is 29.0 Å². The van der Waals surface area contributed by atoms with Gasteiger partial charge in [-0.3, -0.25) is 4.79 Å². The molecule has 18 heavy (non-hydrogen) atoms. The fourth-order valence-electron chi connectivity index (χ4n) is 1.74. The maximum atomic E-state index is 11.9. The molecule has 7 heteroatoms. The summed E-state index contributed by atoms with van der Waals surface area (Å²) in [5.74, 6) is -0.122. The highest BCUT2D eigenvalue weighted by molar-refractivity contribution is 8.00. The summed E-state index contributed by atoms with van der Waals surface area (Å²) < 4.78 is 6.49. The molecule has 0 radical (unpaired) electrons. The summed E-state index contributed by atoms with van der Waals surface area (Å²) in [5.41, 5.74) is 0.494. The summed E-state index contributed by atoms with van der Waals surface area (Å²) in [5, 5.41) is 4.66. The van der Waals surface area contributed by atoms with E-state index in [0.717, 1.165) is 24.0 Å². The first-order valence-corrected chi connectivity index (χ1v) is 7.87. The molecule has 0 aliphatic carbocycles. The Morgan fingerprint density at radius 3 is 3.28 bits per heavy atom. The summed E-state index contributed by atoms with van der Waals surface area (Å²) in [6.07, 6.45) is 2.03. The Hall–Kier alpha value is -0.630. The molecule has 0 spiro atoms. The lowest BCUT2D eigenvalue weighted by molar-refractivity contribution is -0.0175. The van der Waals surface area contributed by atoms with Crippen molar-refractivity contribution in [2.45, 2.75) is 10.4 Å². The van der Waals surface area contributed by atoms with Crippen LogP contribution in [0.15, 0.2) is 9.72 Å². The van der Waals surface area contributed by atoms with E-state index < -0.39 is 0 Å². The van der Waals surface area contributed by atoms with Gasteiger partial charge in [-0.15, -0.1) is 11.3 Å². The van der Waals surface area contributed by atoms with Crippen LogP contribution in [0.2, 0.25) is 0 Å². The average Bonchev–Trinajstić information content (AvgIpc) is 2.85. The molecule has 100 valence electrons. The number of carbonyl (C=O) groups is 1. The van der Waals surface area contributed by atoms with Gasteiger partial charge in [-0.2, -0.15) is 0 Å². The summed E-state index contributed by atoms with van der Waals surface area (Å²) in [7, 11) is 2.06. The van der Waals surface area contributed by atoms with Crippen molar-refractivity contribution in [2.75, 3.05) is 39.5 Å². The number of aromatic nitrogens is 1. The number of amides is 1. The van der Waals surface area contributed by atoms with Crippen molar-refractivity contribution < 1.29 is 9.53 Å². The largest absolute Gasteiger partial charge is 0.374 e. The first-order chi connectivity index (χ1) is 8.69. The van der Waals surface area contributed by atoms with Crippen molar-refractivity contribution in [1.82, 2.24) is 15.2 Å². The van der Waals surface area contributed by atoms with Crippen LogP contribution in [0.1, 0.15) is 10.5 Å². The van der Waals surface area contributed by atoms with E-state index in [1.165, 1.54) is 11.3 Å². The maximum Gasteiger partial charge on any atom is 0.270 e. The third kappa shape index (κ3) is 3.68. The Balaban J connectivity index is 1.80. The number of nitrogens with zero attached hydrogens (tertiary/aromatic N) is 2. The van der Waals surface area contributed by atoms with Crippen LogP contribution in [-0.2, 0) is 4.74 Å². The number of nitrogens with one attached hydrogen (secondary N) is 1. The van der Waals surface area contributed by atoms with Crippen LogP contribution >= 0.6 is 23.1 Å². The Bertz CT molecular complexity index is 411. The molecular formula is C11H17N3O2S2. The molecule has 1 atom stereocenters. The molecule has 1 saturated heterocycles. The van der Waals surface area contributed by atoms with Gasteiger partial charge in [0.15, 0.2) is 0 Å². The van der Waals surface area contributed by atoms with Gasteiger partial charge in [0.25, 0.3) is 5.91 Å². The van der Waals surface area contributed by atoms with Crippen molar-refractivity contribution in [1.29, 1.82) is 0 Å². The van der Waals surface area contributed by atoms with Gasteiger partial charge in [-0.1, -0.05) is 11.8 Å². The molecule has 1 aliphatic heterocycles. The Labute approximate surface area is 115 Å². The summed E-state index contributed by atoms with van der Waals surface area (Å²) in [6.45, 7) is 3.07. The van der Waals surface area contributed by atoms with E-state index in [1.54, 1.807) is 17.1 Å². The van der Waals surface area contributed by atoms with E-state index in [-0.39, 0.29) is 12.0 Å². The van der Waals surface area contributed by atoms with Gasteiger partial charge < -0.3 is 15.0 Å². The van der Waals surface area contributed by atoms with E-state index in [4.69, 9.17) is 4.74 Å². The highest BCUT2D eigenvalue weighted by Gasteiger charge is 2.19. The number of hydrogen-bond acceptors (Lipinski definition) is 6. The topological polar surface area (TPSA) is 54.5 Å². The normalized spacial score (nSPS) is 20.9. The molecule has 0 aromatic carbocycles. The van der Waals surface area contributed by atoms with Crippen LogP contribution in [0.4, 0.5) is 0 Å². The molecule has 1 N–H and O–H groups in total. The zero-order chi connectivity index (χ0) is 13.0. The molecule has 5 nitrogen and oxygen atoms in total. The molecule has 1 aliphatic rings. The van der Waals surface area contributed by atoms with E-state index in [0.29, 0.717) is 12.2 Å². The van der Waals surface area contributed by atoms with E-state index in [9.17, 15) is 4.79 Å². The average molecular weight is 287 g/mol. The van der Waals surface area contributed by atoms with Gasteiger partial charge in [0.2, 0.25) is 0 Å². The Morgan fingerprint density at radius 2 is 2.61 bits per heavy atom. The summed E-state index contributed by atoms with van der Waals surface area (Å²) in [4.78, 5) is 18.3. The number of morpholine rings is 1. The molecule has 1 aromatic rings. The van der Waals surface area contributed by atoms with Crippen LogP contribution in [-0.4, -0.2) is 61.4 Å². The molecule has 0 unspecified atom stereocenters. The van der Waals surface area contributed by atoms with Gasteiger partial charge in [0.1, 0.15) is 10.0 Å². The first kappa shape index (κ1) is 13.8.